The first kappa shape index (κ1) is 10.5. The first-order valence-electron chi connectivity index (χ1n) is 4.96. The molecule has 1 aliphatic rings. The largest absolute Gasteiger partial charge is 0.481 e. The minimum atomic E-state index is -0.822. The van der Waals surface area contributed by atoms with Crippen molar-refractivity contribution in [1.29, 1.82) is 0 Å². The predicted octanol–water partition coefficient (Wildman–Crippen LogP) is 1.43. The summed E-state index contributed by atoms with van der Waals surface area (Å²) in [5.74, 6) is -0.0649. The normalized spacial score (nSPS) is 24.1. The van der Waals surface area contributed by atoms with Gasteiger partial charge in [-0.05, 0) is 12.3 Å². The molecule has 1 fully saturated rings. The van der Waals surface area contributed by atoms with Crippen LogP contribution in [0.4, 0.5) is 0 Å². The van der Waals surface area contributed by atoms with Gasteiger partial charge < -0.3 is 9.67 Å². The van der Waals surface area contributed by atoms with Gasteiger partial charge in [-0.1, -0.05) is 25.1 Å². The Hall–Kier alpha value is -1.04. The zero-order valence-corrected chi connectivity index (χ0v) is 9.28. The number of aliphatic carboxylic acids is 1. The summed E-state index contributed by atoms with van der Waals surface area (Å²) >= 11 is 1.23. The number of nitrogens with zero attached hydrogens (tertiary/aromatic N) is 3. The molecule has 1 heterocycles. The number of carboxylic acid groups (broad SMARTS) is 1. The lowest BCUT2D eigenvalue weighted by Gasteiger charge is -2.03. The Balaban J connectivity index is 2.00. The van der Waals surface area contributed by atoms with Crippen LogP contribution in [0, 0.1) is 5.92 Å². The topological polar surface area (TPSA) is 68.0 Å². The fourth-order valence-corrected chi connectivity index (χ4v) is 2.39. The van der Waals surface area contributed by atoms with Gasteiger partial charge in [-0.3, -0.25) is 4.79 Å². The molecule has 82 valence electrons. The highest BCUT2D eigenvalue weighted by Gasteiger charge is 2.38. The van der Waals surface area contributed by atoms with Crippen LogP contribution in [0.5, 0.6) is 0 Å². The quantitative estimate of drug-likeness (QED) is 0.771. The molecule has 2 unspecified atom stereocenters. The van der Waals surface area contributed by atoms with E-state index in [1.54, 1.807) is 6.33 Å². The molecule has 1 N–H and O–H groups in total. The van der Waals surface area contributed by atoms with Crippen molar-refractivity contribution in [1.82, 2.24) is 14.8 Å². The Kier molecular flexibility index (Phi) is 2.95. The van der Waals surface area contributed by atoms with Gasteiger partial charge >= 0.3 is 5.97 Å². The van der Waals surface area contributed by atoms with Gasteiger partial charge in [-0.2, -0.15) is 0 Å². The molecule has 0 radical (unpaired) electrons. The van der Waals surface area contributed by atoms with E-state index in [2.05, 4.69) is 17.1 Å². The first-order chi connectivity index (χ1) is 7.22. The molecule has 1 aromatic heterocycles. The standard InChI is InChI=1S/C9H13N3O2S/c1-2-6-3-7(6)12-5-10-11-9(12)15-4-8(13)14/h5-7H,2-4H2,1H3,(H,13,14). The molecule has 1 aliphatic carbocycles. The second-order valence-electron chi connectivity index (χ2n) is 3.67. The van der Waals surface area contributed by atoms with E-state index < -0.39 is 5.97 Å². The van der Waals surface area contributed by atoms with Gasteiger partial charge in [0.15, 0.2) is 5.16 Å². The number of hydrogen-bond acceptors (Lipinski definition) is 4. The van der Waals surface area contributed by atoms with Crippen LogP contribution >= 0.6 is 11.8 Å². The molecule has 2 rings (SSSR count). The van der Waals surface area contributed by atoms with Gasteiger partial charge in [0.05, 0.1) is 5.75 Å². The fourth-order valence-electron chi connectivity index (χ4n) is 1.70. The number of aromatic nitrogens is 3. The van der Waals surface area contributed by atoms with Gasteiger partial charge in [0.2, 0.25) is 0 Å². The summed E-state index contributed by atoms with van der Waals surface area (Å²) in [4.78, 5) is 10.4. The smallest absolute Gasteiger partial charge is 0.313 e. The molecule has 0 saturated heterocycles. The lowest BCUT2D eigenvalue weighted by Crippen LogP contribution is -2.02. The van der Waals surface area contributed by atoms with Crippen LogP contribution in [0.25, 0.3) is 0 Å². The molecule has 0 bridgehead atoms. The van der Waals surface area contributed by atoms with E-state index in [4.69, 9.17) is 5.11 Å². The van der Waals surface area contributed by atoms with E-state index in [0.717, 1.165) is 18.0 Å². The second kappa shape index (κ2) is 4.22. The third-order valence-corrected chi connectivity index (χ3v) is 3.57. The number of rotatable bonds is 5. The second-order valence-corrected chi connectivity index (χ2v) is 4.62. The number of carbonyl (C=O) groups is 1. The predicted molar refractivity (Wildman–Crippen MR) is 55.8 cm³/mol. The van der Waals surface area contributed by atoms with Crippen molar-refractivity contribution >= 4 is 17.7 Å². The van der Waals surface area contributed by atoms with E-state index >= 15 is 0 Å². The fraction of sp³-hybridized carbons (Fsp3) is 0.667. The van der Waals surface area contributed by atoms with E-state index in [0.29, 0.717) is 12.0 Å². The lowest BCUT2D eigenvalue weighted by molar-refractivity contribution is -0.133. The highest BCUT2D eigenvalue weighted by atomic mass is 32.2. The SMILES string of the molecule is CCC1CC1n1cnnc1SCC(=O)O. The number of thioether (sulfide) groups is 1. The van der Waals surface area contributed by atoms with Gasteiger partial charge in [0, 0.05) is 6.04 Å². The molecule has 0 spiro atoms. The van der Waals surface area contributed by atoms with Gasteiger partial charge in [0.25, 0.3) is 0 Å². The maximum absolute atomic E-state index is 10.4. The lowest BCUT2D eigenvalue weighted by atomic mass is 10.3. The molecule has 1 saturated carbocycles. The van der Waals surface area contributed by atoms with E-state index in [-0.39, 0.29) is 5.75 Å². The van der Waals surface area contributed by atoms with Crippen LogP contribution in [0.3, 0.4) is 0 Å². The summed E-state index contributed by atoms with van der Waals surface area (Å²) in [5.41, 5.74) is 0. The molecule has 0 aromatic carbocycles. The van der Waals surface area contributed by atoms with Gasteiger partial charge in [-0.15, -0.1) is 10.2 Å². The van der Waals surface area contributed by atoms with Crippen LogP contribution in [-0.4, -0.2) is 31.6 Å². The van der Waals surface area contributed by atoms with Crippen molar-refractivity contribution in [2.75, 3.05) is 5.75 Å². The molecule has 6 heteroatoms. The monoisotopic (exact) mass is 227 g/mol. The highest BCUT2D eigenvalue weighted by molar-refractivity contribution is 7.99. The molecular weight excluding hydrogens is 214 g/mol. The Morgan fingerprint density at radius 3 is 3.20 bits per heavy atom. The molecule has 15 heavy (non-hydrogen) atoms. The number of carboxylic acids is 1. The minimum absolute atomic E-state index is 0.0439. The summed E-state index contributed by atoms with van der Waals surface area (Å²) in [5, 5.41) is 17.1. The third-order valence-electron chi connectivity index (χ3n) is 2.63. The van der Waals surface area contributed by atoms with Crippen molar-refractivity contribution in [3.05, 3.63) is 6.33 Å². The highest BCUT2D eigenvalue weighted by Crippen LogP contribution is 2.46. The van der Waals surface area contributed by atoms with Crippen LogP contribution in [0.15, 0.2) is 11.5 Å². The van der Waals surface area contributed by atoms with E-state index in [9.17, 15) is 4.79 Å². The van der Waals surface area contributed by atoms with Crippen molar-refractivity contribution in [2.24, 2.45) is 5.92 Å². The van der Waals surface area contributed by atoms with Crippen LogP contribution in [0.2, 0.25) is 0 Å². The van der Waals surface area contributed by atoms with Crippen LogP contribution < -0.4 is 0 Å². The molecular formula is C9H13N3O2S. The summed E-state index contributed by atoms with van der Waals surface area (Å²) in [6.07, 6.45) is 4.02. The summed E-state index contributed by atoms with van der Waals surface area (Å²) < 4.78 is 2.00. The minimum Gasteiger partial charge on any atom is -0.481 e. The van der Waals surface area contributed by atoms with Crippen LogP contribution in [-0.2, 0) is 4.79 Å². The zero-order valence-electron chi connectivity index (χ0n) is 8.46. The molecule has 0 aliphatic heterocycles. The summed E-state index contributed by atoms with van der Waals surface area (Å²) in [6, 6.07) is 0.487. The average molecular weight is 227 g/mol. The zero-order chi connectivity index (χ0) is 10.8. The van der Waals surface area contributed by atoms with E-state index in [1.165, 1.54) is 11.8 Å². The molecule has 1 aromatic rings. The van der Waals surface area contributed by atoms with Gasteiger partial charge in [-0.25, -0.2) is 0 Å². The summed E-state index contributed by atoms with van der Waals surface area (Å²) in [6.45, 7) is 2.17. The molecule has 5 nitrogen and oxygen atoms in total. The van der Waals surface area contributed by atoms with Crippen molar-refractivity contribution < 1.29 is 9.90 Å². The summed E-state index contributed by atoms with van der Waals surface area (Å²) in [7, 11) is 0. The van der Waals surface area contributed by atoms with Gasteiger partial charge in [0.1, 0.15) is 6.33 Å². The third kappa shape index (κ3) is 2.31. The Morgan fingerprint density at radius 2 is 2.60 bits per heavy atom. The Morgan fingerprint density at radius 1 is 1.80 bits per heavy atom. The molecule has 2 atom stereocenters. The Bertz CT molecular complexity index is 366. The average Bonchev–Trinajstić information content (AvgIpc) is 2.85. The van der Waals surface area contributed by atoms with Crippen molar-refractivity contribution in [2.45, 2.75) is 31.0 Å². The van der Waals surface area contributed by atoms with Crippen molar-refractivity contribution in [3.8, 4) is 0 Å². The molecule has 0 amide bonds. The van der Waals surface area contributed by atoms with Crippen LogP contribution in [0.1, 0.15) is 25.8 Å². The Labute approximate surface area is 91.9 Å². The number of hydrogen-bond donors (Lipinski definition) is 1. The van der Waals surface area contributed by atoms with E-state index in [1.807, 2.05) is 4.57 Å². The first-order valence-corrected chi connectivity index (χ1v) is 5.95. The maximum atomic E-state index is 10.4. The maximum Gasteiger partial charge on any atom is 0.313 e. The van der Waals surface area contributed by atoms with Crippen molar-refractivity contribution in [3.63, 3.8) is 0 Å².